The lowest BCUT2D eigenvalue weighted by Crippen LogP contribution is -2.36. The molecule has 0 bridgehead atoms. The van der Waals surface area contributed by atoms with Crippen molar-refractivity contribution < 1.29 is 22.9 Å². The lowest BCUT2D eigenvalue weighted by Gasteiger charge is -2.24. The van der Waals surface area contributed by atoms with Crippen LogP contribution in [0.1, 0.15) is 5.56 Å². The summed E-state index contributed by atoms with van der Waals surface area (Å²) in [6.45, 7) is 0.970. The Labute approximate surface area is 158 Å². The van der Waals surface area contributed by atoms with Crippen LogP contribution in [0.15, 0.2) is 51.8 Å². The van der Waals surface area contributed by atoms with Crippen molar-refractivity contribution in [3.05, 3.63) is 62.6 Å². The van der Waals surface area contributed by atoms with Gasteiger partial charge in [-0.1, -0.05) is 15.9 Å². The predicted octanol–water partition coefficient (Wildman–Crippen LogP) is 3.03. The Morgan fingerprint density at radius 3 is 2.35 bits per heavy atom. The predicted molar refractivity (Wildman–Crippen MR) is 98.5 cm³/mol. The van der Waals surface area contributed by atoms with Crippen LogP contribution in [0, 0.1) is 17.0 Å². The van der Waals surface area contributed by atoms with E-state index in [2.05, 4.69) is 20.7 Å². The molecule has 0 aliphatic carbocycles. The Kier molecular flexibility index (Phi) is 5.98. The quantitative estimate of drug-likeness (QED) is 0.386. The van der Waals surface area contributed by atoms with E-state index in [-0.39, 0.29) is 16.3 Å². The Bertz CT molecular complexity index is 944. The molecule has 0 saturated carbocycles. The molecule has 0 aliphatic rings. The van der Waals surface area contributed by atoms with Gasteiger partial charge in [-0.05, 0) is 42.8 Å². The molecule has 138 valence electrons. The van der Waals surface area contributed by atoms with Gasteiger partial charge in [-0.25, -0.2) is 8.42 Å². The lowest BCUT2D eigenvalue weighted by atomic mass is 10.2. The summed E-state index contributed by atoms with van der Waals surface area (Å²) in [4.78, 5) is 22.1. The van der Waals surface area contributed by atoms with Gasteiger partial charge in [0.25, 0.3) is 15.7 Å². The molecular weight excluding hydrogens is 428 g/mol. The summed E-state index contributed by atoms with van der Waals surface area (Å²) in [5.74, 6) is -0.761. The minimum absolute atomic E-state index is 0.0256. The van der Waals surface area contributed by atoms with Crippen LogP contribution in [0.2, 0.25) is 0 Å². The topological polar surface area (TPSA) is 107 Å². The van der Waals surface area contributed by atoms with Gasteiger partial charge in [-0.3, -0.25) is 19.2 Å². The van der Waals surface area contributed by atoms with E-state index in [0.717, 1.165) is 11.4 Å². The first-order chi connectivity index (χ1) is 12.2. The average molecular weight is 443 g/mol. The molecule has 0 radical (unpaired) electrons. The van der Waals surface area contributed by atoms with Crippen molar-refractivity contribution in [2.24, 2.45) is 0 Å². The van der Waals surface area contributed by atoms with Crippen molar-refractivity contribution in [2.45, 2.75) is 11.8 Å². The van der Waals surface area contributed by atoms with Crippen LogP contribution in [0.4, 0.5) is 11.4 Å². The van der Waals surface area contributed by atoms with E-state index in [1.807, 2.05) is 0 Å². The number of halogens is 1. The van der Waals surface area contributed by atoms with E-state index in [0.29, 0.717) is 10.0 Å². The summed E-state index contributed by atoms with van der Waals surface area (Å²) in [6.07, 6.45) is 0. The number of hydrogen-bond donors (Lipinski definition) is 0. The van der Waals surface area contributed by atoms with Gasteiger partial charge < -0.3 is 4.74 Å². The van der Waals surface area contributed by atoms with E-state index in [1.165, 1.54) is 37.3 Å². The third-order valence-electron chi connectivity index (χ3n) is 3.56. The monoisotopic (exact) mass is 442 g/mol. The third-order valence-corrected chi connectivity index (χ3v) is 5.86. The fraction of sp³-hybridized carbons (Fsp3) is 0.188. The molecule has 26 heavy (non-hydrogen) atoms. The van der Waals surface area contributed by atoms with Gasteiger partial charge in [0.1, 0.15) is 6.54 Å². The zero-order valence-electron chi connectivity index (χ0n) is 13.9. The van der Waals surface area contributed by atoms with Gasteiger partial charge in [0.05, 0.1) is 22.6 Å². The first-order valence-corrected chi connectivity index (χ1v) is 9.50. The molecule has 0 fully saturated rings. The van der Waals surface area contributed by atoms with E-state index in [1.54, 1.807) is 12.1 Å². The normalized spacial score (nSPS) is 11.0. The zero-order valence-corrected chi connectivity index (χ0v) is 16.3. The van der Waals surface area contributed by atoms with E-state index in [4.69, 9.17) is 0 Å². The van der Waals surface area contributed by atoms with Gasteiger partial charge in [-0.15, -0.1) is 0 Å². The minimum Gasteiger partial charge on any atom is -0.468 e. The summed E-state index contributed by atoms with van der Waals surface area (Å²) in [5.41, 5.74) is 0.318. The number of benzene rings is 2. The van der Waals surface area contributed by atoms with Crippen molar-refractivity contribution >= 4 is 43.3 Å². The average Bonchev–Trinajstić information content (AvgIpc) is 2.59. The molecule has 0 heterocycles. The molecule has 2 aromatic rings. The number of nitro groups is 1. The number of sulfonamides is 1. The number of carbonyl (C=O) groups excluding carboxylic acids is 1. The number of hydrogen-bond acceptors (Lipinski definition) is 6. The fourth-order valence-electron chi connectivity index (χ4n) is 2.25. The number of aryl methyl sites for hydroxylation is 1. The second-order valence-electron chi connectivity index (χ2n) is 5.27. The van der Waals surface area contributed by atoms with Crippen LogP contribution in [-0.4, -0.2) is 33.0 Å². The van der Waals surface area contributed by atoms with Crippen molar-refractivity contribution in [1.29, 1.82) is 0 Å². The molecule has 2 aromatic carbocycles. The van der Waals surface area contributed by atoms with Crippen LogP contribution in [0.3, 0.4) is 0 Å². The number of esters is 1. The van der Waals surface area contributed by atoms with Gasteiger partial charge in [-0.2, -0.15) is 0 Å². The summed E-state index contributed by atoms with van der Waals surface area (Å²) >= 11 is 3.23. The maximum absolute atomic E-state index is 13.0. The Morgan fingerprint density at radius 2 is 1.85 bits per heavy atom. The second-order valence-corrected chi connectivity index (χ2v) is 8.05. The van der Waals surface area contributed by atoms with Crippen molar-refractivity contribution in [3.63, 3.8) is 0 Å². The highest BCUT2D eigenvalue weighted by Crippen LogP contribution is 2.30. The van der Waals surface area contributed by atoms with Gasteiger partial charge in [0, 0.05) is 16.6 Å². The van der Waals surface area contributed by atoms with Crippen LogP contribution >= 0.6 is 15.9 Å². The summed E-state index contributed by atoms with van der Waals surface area (Å²) < 4.78 is 32.2. The standard InChI is InChI=1S/C16H15BrN2O6S/c1-11-9-13(19(21)22)5-8-15(11)18(10-16(20)25-2)26(23,24)14-6-3-12(17)4-7-14/h3-9H,10H2,1-2H3. The molecule has 0 aliphatic heterocycles. The van der Waals surface area contributed by atoms with E-state index in [9.17, 15) is 23.3 Å². The molecule has 0 spiro atoms. The molecule has 8 nitrogen and oxygen atoms in total. The first-order valence-electron chi connectivity index (χ1n) is 7.27. The van der Waals surface area contributed by atoms with Crippen LogP contribution < -0.4 is 4.31 Å². The second kappa shape index (κ2) is 7.83. The highest BCUT2D eigenvalue weighted by Gasteiger charge is 2.29. The summed E-state index contributed by atoms with van der Waals surface area (Å²) in [6, 6.07) is 9.64. The number of non-ortho nitro benzene ring substituents is 1. The molecule has 0 aromatic heterocycles. The van der Waals surface area contributed by atoms with E-state index < -0.39 is 27.5 Å². The molecule has 0 saturated heterocycles. The zero-order chi connectivity index (χ0) is 19.5. The number of carbonyl (C=O) groups is 1. The summed E-state index contributed by atoms with van der Waals surface area (Å²) in [5, 5.41) is 10.9. The molecule has 0 unspecified atom stereocenters. The first kappa shape index (κ1) is 19.9. The van der Waals surface area contributed by atoms with Crippen molar-refractivity contribution in [2.75, 3.05) is 18.0 Å². The van der Waals surface area contributed by atoms with Crippen molar-refractivity contribution in [3.8, 4) is 0 Å². The number of anilines is 1. The summed E-state index contributed by atoms with van der Waals surface area (Å²) in [7, 11) is -2.94. The smallest absolute Gasteiger partial charge is 0.326 e. The third kappa shape index (κ3) is 4.20. The maximum atomic E-state index is 13.0. The lowest BCUT2D eigenvalue weighted by molar-refractivity contribution is -0.384. The number of rotatable bonds is 6. The number of nitro benzene ring substituents is 1. The van der Waals surface area contributed by atoms with Crippen molar-refractivity contribution in [1.82, 2.24) is 0 Å². The Hall–Kier alpha value is -2.46. The number of ether oxygens (including phenoxy) is 1. The molecule has 0 amide bonds. The van der Waals surface area contributed by atoms with Crippen LogP contribution in [0.5, 0.6) is 0 Å². The minimum atomic E-state index is -4.09. The molecular formula is C16H15BrN2O6S. The highest BCUT2D eigenvalue weighted by molar-refractivity contribution is 9.10. The maximum Gasteiger partial charge on any atom is 0.326 e. The van der Waals surface area contributed by atoms with Crippen LogP contribution in [0.25, 0.3) is 0 Å². The Morgan fingerprint density at radius 1 is 1.23 bits per heavy atom. The molecule has 0 atom stereocenters. The van der Waals surface area contributed by atoms with Gasteiger partial charge >= 0.3 is 5.97 Å². The largest absolute Gasteiger partial charge is 0.468 e. The SMILES string of the molecule is COC(=O)CN(c1ccc([N+](=O)[O-])cc1C)S(=O)(=O)c1ccc(Br)cc1. The van der Waals surface area contributed by atoms with Crippen LogP contribution in [-0.2, 0) is 19.6 Å². The molecule has 10 heteroatoms. The number of nitrogens with zero attached hydrogens (tertiary/aromatic N) is 2. The molecule has 0 N–H and O–H groups in total. The highest BCUT2D eigenvalue weighted by atomic mass is 79.9. The van der Waals surface area contributed by atoms with Gasteiger partial charge in [0.2, 0.25) is 0 Å². The fourth-order valence-corrected chi connectivity index (χ4v) is 3.99. The number of methoxy groups -OCH3 is 1. The van der Waals surface area contributed by atoms with Gasteiger partial charge in [0.15, 0.2) is 0 Å². The molecule has 2 rings (SSSR count). The Balaban J connectivity index is 2.58. The van der Waals surface area contributed by atoms with E-state index >= 15 is 0 Å².